The van der Waals surface area contributed by atoms with Gasteiger partial charge in [-0.2, -0.15) is 9.61 Å². The number of amides is 2. The Balaban J connectivity index is 1.44. The lowest BCUT2D eigenvalue weighted by atomic mass is 10.1. The molecule has 0 radical (unpaired) electrons. The molecule has 3 heterocycles. The lowest BCUT2D eigenvalue weighted by Crippen LogP contribution is -2.19. The molecule has 33 heavy (non-hydrogen) atoms. The zero-order valence-electron chi connectivity index (χ0n) is 18.6. The molecule has 1 aliphatic carbocycles. The minimum atomic E-state index is -0.367. The zero-order chi connectivity index (χ0) is 22.9. The number of nitrogens with one attached hydrogen (secondary N) is 3. The van der Waals surface area contributed by atoms with Crippen molar-refractivity contribution >= 4 is 35.2 Å². The number of aromatic nitrogens is 3. The first-order valence-corrected chi connectivity index (χ1v) is 11.1. The largest absolute Gasteiger partial charge is 0.491 e. The molecule has 3 N–H and O–H groups in total. The van der Waals surface area contributed by atoms with E-state index in [1.54, 1.807) is 16.8 Å². The van der Waals surface area contributed by atoms with Crippen molar-refractivity contribution in [1.82, 2.24) is 19.9 Å². The van der Waals surface area contributed by atoms with E-state index in [4.69, 9.17) is 9.72 Å². The van der Waals surface area contributed by atoms with E-state index in [-0.39, 0.29) is 24.3 Å². The average Bonchev–Trinajstić information content (AvgIpc) is 3.40. The summed E-state index contributed by atoms with van der Waals surface area (Å²) in [6.45, 7) is 4.58. The van der Waals surface area contributed by atoms with Crippen molar-refractivity contribution in [2.24, 2.45) is 0 Å². The number of carbonyl (C=O) groups excluding carboxylic acids is 2. The van der Waals surface area contributed by atoms with E-state index in [0.29, 0.717) is 35.2 Å². The van der Waals surface area contributed by atoms with Crippen molar-refractivity contribution < 1.29 is 14.3 Å². The van der Waals surface area contributed by atoms with E-state index < -0.39 is 0 Å². The van der Waals surface area contributed by atoms with Crippen molar-refractivity contribution in [2.75, 3.05) is 10.6 Å². The van der Waals surface area contributed by atoms with Gasteiger partial charge >= 0.3 is 0 Å². The van der Waals surface area contributed by atoms with Gasteiger partial charge in [0.25, 0.3) is 5.91 Å². The van der Waals surface area contributed by atoms with Gasteiger partial charge in [-0.25, -0.2) is 4.98 Å². The second-order valence-electron chi connectivity index (χ2n) is 8.67. The van der Waals surface area contributed by atoms with E-state index in [1.165, 1.54) is 0 Å². The molecule has 9 nitrogen and oxygen atoms in total. The smallest absolute Gasteiger partial charge is 0.254 e. The standard InChI is InChI=1S/C24H26N6O3/c1-14(2)33-19-5-3-4-15(8-19)12-25-20-11-21(27-18-6-7-18)30-23(28-20)17(13-26-30)9-16-10-22(31)29-24(16)32/h3-5,8-9,11,13-14,18,27H,6-7,10,12H2,1-2H3,(H,25,28)(H,29,31,32)/b16-9+. The number of fused-ring (bicyclic) bond motifs is 1. The number of imide groups is 1. The summed E-state index contributed by atoms with van der Waals surface area (Å²) in [4.78, 5) is 28.3. The summed E-state index contributed by atoms with van der Waals surface area (Å²) < 4.78 is 7.53. The van der Waals surface area contributed by atoms with Crippen molar-refractivity contribution in [3.8, 4) is 5.75 Å². The number of ether oxygens (including phenoxy) is 1. The molecule has 1 aliphatic heterocycles. The summed E-state index contributed by atoms with van der Waals surface area (Å²) >= 11 is 0. The molecule has 0 bridgehead atoms. The quantitative estimate of drug-likeness (QED) is 0.360. The highest BCUT2D eigenvalue weighted by Gasteiger charge is 2.25. The van der Waals surface area contributed by atoms with Gasteiger partial charge in [0.2, 0.25) is 5.91 Å². The van der Waals surface area contributed by atoms with E-state index in [9.17, 15) is 9.59 Å². The van der Waals surface area contributed by atoms with Crippen molar-refractivity contribution in [1.29, 1.82) is 0 Å². The summed E-state index contributed by atoms with van der Waals surface area (Å²) in [5.41, 5.74) is 2.78. The average molecular weight is 447 g/mol. The molecule has 0 unspecified atom stereocenters. The minimum absolute atomic E-state index is 0.0656. The molecule has 2 amide bonds. The number of hydrogen-bond acceptors (Lipinski definition) is 7. The molecule has 0 atom stereocenters. The molecule has 0 spiro atoms. The monoisotopic (exact) mass is 446 g/mol. The van der Waals surface area contributed by atoms with Crippen LogP contribution >= 0.6 is 0 Å². The second-order valence-corrected chi connectivity index (χ2v) is 8.67. The molecule has 9 heteroatoms. The van der Waals surface area contributed by atoms with Gasteiger partial charge in [-0.15, -0.1) is 0 Å². The Morgan fingerprint density at radius 3 is 2.85 bits per heavy atom. The summed E-state index contributed by atoms with van der Waals surface area (Å²) in [7, 11) is 0. The van der Waals surface area contributed by atoms with Crippen LogP contribution in [-0.4, -0.2) is 38.6 Å². The van der Waals surface area contributed by atoms with Crippen molar-refractivity contribution in [3.05, 3.63) is 53.2 Å². The fraction of sp³-hybridized carbons (Fsp3) is 0.333. The highest BCUT2D eigenvalue weighted by Crippen LogP contribution is 2.28. The van der Waals surface area contributed by atoms with Crippen LogP contribution in [0.2, 0.25) is 0 Å². The maximum atomic E-state index is 12.0. The third kappa shape index (κ3) is 4.82. The van der Waals surface area contributed by atoms with Crippen LogP contribution in [0, 0.1) is 0 Å². The molecule has 170 valence electrons. The Kier molecular flexibility index (Phi) is 5.45. The Labute approximate surface area is 191 Å². The summed E-state index contributed by atoms with van der Waals surface area (Å²) in [5, 5.41) is 13.7. The van der Waals surface area contributed by atoms with Crippen LogP contribution in [0.1, 0.15) is 44.2 Å². The Morgan fingerprint density at radius 1 is 1.27 bits per heavy atom. The van der Waals surface area contributed by atoms with Crippen molar-refractivity contribution in [3.63, 3.8) is 0 Å². The van der Waals surface area contributed by atoms with Crippen LogP contribution in [0.5, 0.6) is 5.75 Å². The van der Waals surface area contributed by atoms with Gasteiger partial charge in [0.15, 0.2) is 5.65 Å². The first-order chi connectivity index (χ1) is 15.9. The fourth-order valence-corrected chi connectivity index (χ4v) is 3.71. The second kappa shape index (κ2) is 8.57. The highest BCUT2D eigenvalue weighted by molar-refractivity contribution is 6.15. The fourth-order valence-electron chi connectivity index (χ4n) is 3.71. The van der Waals surface area contributed by atoms with Gasteiger partial charge in [-0.1, -0.05) is 12.1 Å². The van der Waals surface area contributed by atoms with Crippen LogP contribution in [0.4, 0.5) is 11.6 Å². The van der Waals surface area contributed by atoms with Gasteiger partial charge in [0.1, 0.15) is 17.4 Å². The minimum Gasteiger partial charge on any atom is -0.491 e. The normalized spacial score (nSPS) is 17.1. The van der Waals surface area contributed by atoms with Gasteiger partial charge in [-0.3, -0.25) is 14.9 Å². The summed E-state index contributed by atoms with van der Waals surface area (Å²) in [6.07, 6.45) is 5.77. The van der Waals surface area contributed by atoms with E-state index in [1.807, 2.05) is 44.2 Å². The summed E-state index contributed by atoms with van der Waals surface area (Å²) in [6, 6.07) is 10.3. The molecular weight excluding hydrogens is 420 g/mol. The van der Waals surface area contributed by atoms with E-state index in [0.717, 1.165) is 30.0 Å². The molecule has 2 aliphatic rings. The highest BCUT2D eigenvalue weighted by atomic mass is 16.5. The molecular formula is C24H26N6O3. The zero-order valence-corrected chi connectivity index (χ0v) is 18.6. The van der Waals surface area contributed by atoms with Crippen molar-refractivity contribution in [2.45, 2.75) is 51.8 Å². The predicted molar refractivity (Wildman–Crippen MR) is 125 cm³/mol. The molecule has 5 rings (SSSR count). The topological polar surface area (TPSA) is 110 Å². The third-order valence-corrected chi connectivity index (χ3v) is 5.40. The SMILES string of the molecule is CC(C)Oc1cccc(CNc2cc(NC3CC3)n3ncc(/C=C4\CC(=O)NC4=O)c3n2)c1. The first-order valence-electron chi connectivity index (χ1n) is 11.1. The number of nitrogens with zero attached hydrogens (tertiary/aromatic N) is 3. The summed E-state index contributed by atoms with van der Waals surface area (Å²) in [5.74, 6) is 1.69. The number of anilines is 2. The molecule has 3 aromatic rings. The number of hydrogen-bond donors (Lipinski definition) is 3. The molecule has 2 fully saturated rings. The maximum Gasteiger partial charge on any atom is 0.254 e. The lowest BCUT2D eigenvalue weighted by molar-refractivity contribution is -0.124. The van der Waals surface area contributed by atoms with Crippen LogP contribution in [-0.2, 0) is 16.1 Å². The maximum absolute atomic E-state index is 12.0. The first kappa shape index (κ1) is 21.0. The van der Waals surface area contributed by atoms with Crippen LogP contribution in [0.3, 0.4) is 0 Å². The number of rotatable bonds is 8. The number of benzene rings is 1. The van der Waals surface area contributed by atoms with Crippen LogP contribution in [0.15, 0.2) is 42.1 Å². The van der Waals surface area contributed by atoms with E-state index in [2.05, 4.69) is 21.0 Å². The van der Waals surface area contributed by atoms with Gasteiger partial charge in [-0.05, 0) is 50.5 Å². The Hall–Kier alpha value is -3.88. The van der Waals surface area contributed by atoms with Gasteiger partial charge < -0.3 is 15.4 Å². The molecule has 1 saturated carbocycles. The van der Waals surface area contributed by atoms with E-state index >= 15 is 0 Å². The molecule has 1 saturated heterocycles. The van der Waals surface area contributed by atoms with Crippen LogP contribution < -0.4 is 20.7 Å². The predicted octanol–water partition coefficient (Wildman–Crippen LogP) is 3.13. The lowest BCUT2D eigenvalue weighted by Gasteiger charge is -2.13. The van der Waals surface area contributed by atoms with Gasteiger partial charge in [0.05, 0.1) is 18.7 Å². The van der Waals surface area contributed by atoms with Crippen LogP contribution in [0.25, 0.3) is 11.7 Å². The third-order valence-electron chi connectivity index (χ3n) is 5.40. The van der Waals surface area contributed by atoms with Gasteiger partial charge in [0, 0.05) is 29.8 Å². The molecule has 2 aromatic heterocycles. The number of carbonyl (C=O) groups is 2. The Morgan fingerprint density at radius 2 is 2.12 bits per heavy atom. The molecule has 1 aromatic carbocycles. The Bertz CT molecular complexity index is 1260.